The van der Waals surface area contributed by atoms with Crippen molar-refractivity contribution in [1.29, 1.82) is 0 Å². The molecule has 1 aromatic heterocycles. The predicted octanol–water partition coefficient (Wildman–Crippen LogP) is 5.21. The van der Waals surface area contributed by atoms with Crippen LogP contribution in [0.2, 0.25) is 5.02 Å². The van der Waals surface area contributed by atoms with E-state index >= 15 is 0 Å². The van der Waals surface area contributed by atoms with Crippen LogP contribution < -0.4 is 10.1 Å². The molecule has 1 heterocycles. The fourth-order valence-electron chi connectivity index (χ4n) is 4.27. The molecule has 0 saturated heterocycles. The van der Waals surface area contributed by atoms with Crippen molar-refractivity contribution in [3.8, 4) is 17.0 Å². The van der Waals surface area contributed by atoms with Gasteiger partial charge in [0.25, 0.3) is 5.91 Å². The standard InChI is InChI=1S/C28H33ClFN3O5/c1-5-37-25-15-24(32-33-25)26(34)31-21(16-28(3,17-36-4)27(35)38-6-2)13-18-7-9-19(10-8-18)22-14-20(29)11-12-23(22)30/h7-12,14-15,21H,5-6,13,16-17H2,1-4H3,(H,31,34)(H,32,33)/t21-,28+/m1/s1. The van der Waals surface area contributed by atoms with Crippen molar-refractivity contribution in [2.45, 2.75) is 39.7 Å². The zero-order chi connectivity index (χ0) is 27.7. The molecule has 0 saturated carbocycles. The van der Waals surface area contributed by atoms with Gasteiger partial charge in [-0.1, -0.05) is 35.9 Å². The third-order valence-corrected chi connectivity index (χ3v) is 6.27. The van der Waals surface area contributed by atoms with E-state index in [0.717, 1.165) is 5.56 Å². The summed E-state index contributed by atoms with van der Waals surface area (Å²) in [5.41, 5.74) is 1.18. The number of rotatable bonds is 13. The average molecular weight is 546 g/mol. The van der Waals surface area contributed by atoms with Crippen LogP contribution in [0.3, 0.4) is 0 Å². The lowest BCUT2D eigenvalue weighted by molar-refractivity contribution is -0.158. The first kappa shape index (κ1) is 29.1. The second-order valence-corrected chi connectivity index (χ2v) is 9.60. The fraction of sp³-hybridized carbons (Fsp3) is 0.393. The Labute approximate surface area is 226 Å². The van der Waals surface area contributed by atoms with Gasteiger partial charge in [-0.25, -0.2) is 4.39 Å². The maximum atomic E-state index is 14.3. The van der Waals surface area contributed by atoms with E-state index in [2.05, 4.69) is 15.5 Å². The first-order chi connectivity index (χ1) is 18.2. The maximum Gasteiger partial charge on any atom is 0.314 e. The van der Waals surface area contributed by atoms with Crippen LogP contribution in [-0.2, 0) is 20.7 Å². The summed E-state index contributed by atoms with van der Waals surface area (Å²) in [6.45, 7) is 6.07. The molecule has 2 N–H and O–H groups in total. The highest BCUT2D eigenvalue weighted by molar-refractivity contribution is 6.30. The molecule has 8 nitrogen and oxygen atoms in total. The van der Waals surface area contributed by atoms with E-state index in [1.54, 1.807) is 32.0 Å². The second-order valence-electron chi connectivity index (χ2n) is 9.17. The van der Waals surface area contributed by atoms with Crippen molar-refractivity contribution in [2.24, 2.45) is 5.41 Å². The largest absolute Gasteiger partial charge is 0.477 e. The Bertz CT molecular complexity index is 1230. The fourth-order valence-corrected chi connectivity index (χ4v) is 4.44. The number of nitrogens with zero attached hydrogens (tertiary/aromatic N) is 1. The van der Waals surface area contributed by atoms with E-state index in [0.29, 0.717) is 35.1 Å². The van der Waals surface area contributed by atoms with Gasteiger partial charge >= 0.3 is 5.97 Å². The van der Waals surface area contributed by atoms with Gasteiger partial charge in [-0.2, -0.15) is 0 Å². The Morgan fingerprint density at radius 1 is 1.13 bits per heavy atom. The number of carbonyl (C=O) groups excluding carboxylic acids is 2. The number of ether oxygens (including phenoxy) is 3. The first-order valence-electron chi connectivity index (χ1n) is 12.4. The van der Waals surface area contributed by atoms with Gasteiger partial charge < -0.3 is 19.5 Å². The number of benzene rings is 2. The van der Waals surface area contributed by atoms with E-state index in [1.165, 1.54) is 25.3 Å². The number of aromatic amines is 1. The highest BCUT2D eigenvalue weighted by Crippen LogP contribution is 2.29. The first-order valence-corrected chi connectivity index (χ1v) is 12.8. The number of halogens is 2. The minimum atomic E-state index is -1.00. The molecule has 38 heavy (non-hydrogen) atoms. The van der Waals surface area contributed by atoms with Gasteiger partial charge in [-0.05, 0) is 62.9 Å². The SMILES string of the molecule is CCOC(=O)[C@](C)(COC)C[C@@H](Cc1ccc(-c2cc(Cl)ccc2F)cc1)NC(=O)c1cc(OCC)n[nH]1. The molecule has 0 aliphatic carbocycles. The van der Waals surface area contributed by atoms with Crippen LogP contribution in [0.1, 0.15) is 43.2 Å². The second kappa shape index (κ2) is 13.4. The van der Waals surface area contributed by atoms with Gasteiger partial charge in [0, 0.05) is 29.8 Å². The normalized spacial score (nSPS) is 13.4. The Morgan fingerprint density at radius 2 is 1.87 bits per heavy atom. The summed E-state index contributed by atoms with van der Waals surface area (Å²) in [6, 6.07) is 12.8. The van der Waals surface area contributed by atoms with Crippen LogP contribution in [0, 0.1) is 11.2 Å². The molecule has 3 rings (SSSR count). The number of hydrogen-bond donors (Lipinski definition) is 2. The van der Waals surface area contributed by atoms with Crippen molar-refractivity contribution >= 4 is 23.5 Å². The van der Waals surface area contributed by atoms with Crippen molar-refractivity contribution in [1.82, 2.24) is 15.5 Å². The number of H-pyrrole nitrogens is 1. The predicted molar refractivity (Wildman–Crippen MR) is 143 cm³/mol. The van der Waals surface area contributed by atoms with Crippen molar-refractivity contribution in [3.63, 3.8) is 0 Å². The summed E-state index contributed by atoms with van der Waals surface area (Å²) >= 11 is 6.05. The number of amides is 1. The molecule has 0 spiro atoms. The lowest BCUT2D eigenvalue weighted by atomic mass is 9.82. The van der Waals surface area contributed by atoms with Crippen molar-refractivity contribution in [2.75, 3.05) is 26.9 Å². The van der Waals surface area contributed by atoms with Gasteiger partial charge in [-0.15, -0.1) is 5.10 Å². The smallest absolute Gasteiger partial charge is 0.314 e. The molecule has 0 radical (unpaired) electrons. The third-order valence-electron chi connectivity index (χ3n) is 6.03. The van der Waals surface area contributed by atoms with Gasteiger partial charge in [0.05, 0.1) is 25.2 Å². The molecular formula is C28H33ClFN3O5. The van der Waals surface area contributed by atoms with Crippen LogP contribution in [0.25, 0.3) is 11.1 Å². The minimum Gasteiger partial charge on any atom is -0.477 e. The highest BCUT2D eigenvalue weighted by Gasteiger charge is 2.38. The minimum absolute atomic E-state index is 0.115. The van der Waals surface area contributed by atoms with Gasteiger partial charge in [0.2, 0.25) is 5.88 Å². The lowest BCUT2D eigenvalue weighted by Gasteiger charge is -2.31. The van der Waals surface area contributed by atoms with Crippen LogP contribution in [0.4, 0.5) is 4.39 Å². The number of carbonyl (C=O) groups is 2. The van der Waals surface area contributed by atoms with Crippen molar-refractivity contribution < 1.29 is 28.2 Å². The van der Waals surface area contributed by atoms with Gasteiger partial charge in [0.1, 0.15) is 11.5 Å². The van der Waals surface area contributed by atoms with E-state index in [1.807, 2.05) is 19.1 Å². The molecule has 2 aromatic carbocycles. The average Bonchev–Trinajstić information content (AvgIpc) is 3.35. The van der Waals surface area contributed by atoms with Crippen LogP contribution in [0.15, 0.2) is 48.5 Å². The zero-order valence-corrected chi connectivity index (χ0v) is 22.7. The quantitative estimate of drug-likeness (QED) is 0.286. The number of esters is 1. The Hall–Kier alpha value is -3.43. The van der Waals surface area contributed by atoms with Crippen LogP contribution >= 0.6 is 11.6 Å². The number of aromatic nitrogens is 2. The van der Waals surface area contributed by atoms with E-state index in [-0.39, 0.29) is 31.1 Å². The van der Waals surface area contributed by atoms with E-state index in [4.69, 9.17) is 25.8 Å². The summed E-state index contributed by atoms with van der Waals surface area (Å²) in [6.07, 6.45) is 0.651. The molecule has 3 aromatic rings. The monoisotopic (exact) mass is 545 g/mol. The summed E-state index contributed by atoms with van der Waals surface area (Å²) in [5.74, 6) is -0.862. The molecule has 204 valence electrons. The van der Waals surface area contributed by atoms with Crippen LogP contribution in [0.5, 0.6) is 5.88 Å². The van der Waals surface area contributed by atoms with Gasteiger partial charge in [0.15, 0.2) is 0 Å². The molecule has 2 atom stereocenters. The number of methoxy groups -OCH3 is 1. The molecular weight excluding hydrogens is 513 g/mol. The molecule has 0 aliphatic rings. The third kappa shape index (κ3) is 7.55. The summed E-state index contributed by atoms with van der Waals surface area (Å²) < 4.78 is 30.3. The summed E-state index contributed by atoms with van der Waals surface area (Å²) in [4.78, 5) is 25.9. The Kier molecular flexibility index (Phi) is 10.3. The highest BCUT2D eigenvalue weighted by atomic mass is 35.5. The Balaban J connectivity index is 1.86. The topological polar surface area (TPSA) is 103 Å². The molecule has 0 aliphatic heterocycles. The molecule has 10 heteroatoms. The summed E-state index contributed by atoms with van der Waals surface area (Å²) in [7, 11) is 1.51. The molecule has 0 bridgehead atoms. The number of hydrogen-bond acceptors (Lipinski definition) is 6. The number of nitrogens with one attached hydrogen (secondary N) is 2. The molecule has 1 amide bonds. The maximum absolute atomic E-state index is 14.3. The Morgan fingerprint density at radius 3 is 2.53 bits per heavy atom. The summed E-state index contributed by atoms with van der Waals surface area (Å²) in [5, 5.41) is 10.1. The van der Waals surface area contributed by atoms with E-state index in [9.17, 15) is 14.0 Å². The molecule has 0 unspecified atom stereocenters. The van der Waals surface area contributed by atoms with Crippen LogP contribution in [-0.4, -0.2) is 55.0 Å². The zero-order valence-electron chi connectivity index (χ0n) is 22.0. The molecule has 0 fully saturated rings. The van der Waals surface area contributed by atoms with Crippen molar-refractivity contribution in [3.05, 3.63) is 70.6 Å². The van der Waals surface area contributed by atoms with E-state index < -0.39 is 23.3 Å². The van der Waals surface area contributed by atoms with Gasteiger partial charge in [-0.3, -0.25) is 14.7 Å². The lowest BCUT2D eigenvalue weighted by Crippen LogP contribution is -2.45.